The zero-order valence-electron chi connectivity index (χ0n) is 16.9. The summed E-state index contributed by atoms with van der Waals surface area (Å²) in [5.74, 6) is 0.391. The van der Waals surface area contributed by atoms with Gasteiger partial charge in [0.25, 0.3) is 5.91 Å². The molecule has 0 unspecified atom stereocenters. The van der Waals surface area contributed by atoms with Crippen LogP contribution in [-0.2, 0) is 19.6 Å². The van der Waals surface area contributed by atoms with Crippen molar-refractivity contribution in [2.24, 2.45) is 0 Å². The first kappa shape index (κ1) is 22.4. The van der Waals surface area contributed by atoms with Gasteiger partial charge in [-0.15, -0.1) is 0 Å². The predicted molar refractivity (Wildman–Crippen MR) is 109 cm³/mol. The number of hydrogen-bond donors (Lipinski definition) is 1. The van der Waals surface area contributed by atoms with Crippen molar-refractivity contribution >= 4 is 21.6 Å². The summed E-state index contributed by atoms with van der Waals surface area (Å²) in [7, 11) is -1.82. The van der Waals surface area contributed by atoms with E-state index in [2.05, 4.69) is 10.2 Å². The summed E-state index contributed by atoms with van der Waals surface area (Å²) in [4.78, 5) is 14.7. The Hall–Kier alpha value is -1.84. The minimum absolute atomic E-state index is 0.137. The normalized spacial score (nSPS) is 16.4. The molecule has 1 saturated heterocycles. The summed E-state index contributed by atoms with van der Waals surface area (Å²) >= 11 is 0. The first-order valence-electron chi connectivity index (χ1n) is 9.59. The second-order valence-corrected chi connectivity index (χ2v) is 8.85. The van der Waals surface area contributed by atoms with Crippen molar-refractivity contribution in [2.75, 3.05) is 57.0 Å². The molecule has 2 rings (SSSR count). The second-order valence-electron chi connectivity index (χ2n) is 6.84. The number of sulfonamides is 1. The number of morpholine rings is 1. The van der Waals surface area contributed by atoms with Crippen LogP contribution in [0.25, 0.3) is 0 Å². The summed E-state index contributed by atoms with van der Waals surface area (Å²) in [6.45, 7) is 6.88. The van der Waals surface area contributed by atoms with E-state index in [0.29, 0.717) is 24.4 Å². The van der Waals surface area contributed by atoms with Crippen LogP contribution < -0.4 is 14.4 Å². The standard InChI is InChI=1S/C19H31N3O5S/c1-4-18(19(23)20-10-5-11-22-12-14-26-15-13-22)27-17-8-6-16(7-9-17)21(2)28(3,24)25/h6-9,18H,4-5,10-15H2,1-3H3,(H,20,23)/t18-/m0/s1. The molecule has 0 aromatic heterocycles. The fourth-order valence-electron chi connectivity index (χ4n) is 2.87. The van der Waals surface area contributed by atoms with Gasteiger partial charge >= 0.3 is 0 Å². The van der Waals surface area contributed by atoms with E-state index in [-0.39, 0.29) is 5.91 Å². The molecule has 1 aliphatic rings. The van der Waals surface area contributed by atoms with Gasteiger partial charge in [0.05, 0.1) is 25.2 Å². The summed E-state index contributed by atoms with van der Waals surface area (Å²) in [5.41, 5.74) is 0.537. The molecule has 0 spiro atoms. The molecule has 1 aliphatic heterocycles. The maximum Gasteiger partial charge on any atom is 0.261 e. The van der Waals surface area contributed by atoms with Crippen LogP contribution >= 0.6 is 0 Å². The van der Waals surface area contributed by atoms with Gasteiger partial charge in [-0.3, -0.25) is 14.0 Å². The molecule has 0 saturated carbocycles. The van der Waals surface area contributed by atoms with Crippen LogP contribution in [0, 0.1) is 0 Å². The lowest BCUT2D eigenvalue weighted by atomic mass is 10.2. The zero-order chi connectivity index (χ0) is 20.6. The molecule has 1 aromatic rings. The lowest BCUT2D eigenvalue weighted by Gasteiger charge is -2.26. The topological polar surface area (TPSA) is 88.2 Å². The first-order chi connectivity index (χ1) is 13.3. The highest BCUT2D eigenvalue weighted by molar-refractivity contribution is 7.92. The number of carbonyl (C=O) groups is 1. The molecule has 1 heterocycles. The Labute approximate surface area is 167 Å². The molecule has 0 aliphatic carbocycles. The van der Waals surface area contributed by atoms with Crippen LogP contribution in [0.4, 0.5) is 5.69 Å². The lowest BCUT2D eigenvalue weighted by Crippen LogP contribution is -2.41. The highest BCUT2D eigenvalue weighted by Gasteiger charge is 2.19. The minimum Gasteiger partial charge on any atom is -0.481 e. The maximum atomic E-state index is 12.4. The Morgan fingerprint density at radius 2 is 1.93 bits per heavy atom. The molecule has 0 bridgehead atoms. The van der Waals surface area contributed by atoms with Crippen molar-refractivity contribution < 1.29 is 22.7 Å². The molecular formula is C19H31N3O5S. The molecule has 1 amide bonds. The van der Waals surface area contributed by atoms with Crippen LogP contribution in [0.5, 0.6) is 5.75 Å². The number of rotatable bonds is 10. The van der Waals surface area contributed by atoms with E-state index < -0.39 is 16.1 Å². The number of anilines is 1. The monoisotopic (exact) mass is 413 g/mol. The van der Waals surface area contributed by atoms with Crippen molar-refractivity contribution in [3.05, 3.63) is 24.3 Å². The maximum absolute atomic E-state index is 12.4. The van der Waals surface area contributed by atoms with E-state index in [1.54, 1.807) is 24.3 Å². The Bertz CT molecular complexity index is 718. The van der Waals surface area contributed by atoms with E-state index >= 15 is 0 Å². The number of nitrogens with zero attached hydrogens (tertiary/aromatic N) is 2. The summed E-state index contributed by atoms with van der Waals surface area (Å²) < 4.78 is 35.5. The van der Waals surface area contributed by atoms with Crippen LogP contribution in [0.1, 0.15) is 19.8 Å². The van der Waals surface area contributed by atoms with Gasteiger partial charge < -0.3 is 14.8 Å². The average Bonchev–Trinajstić information content (AvgIpc) is 2.69. The largest absolute Gasteiger partial charge is 0.481 e. The van der Waals surface area contributed by atoms with Gasteiger partial charge in [0.1, 0.15) is 5.75 Å². The smallest absolute Gasteiger partial charge is 0.261 e. The molecule has 8 nitrogen and oxygen atoms in total. The Balaban J connectivity index is 1.79. The van der Waals surface area contributed by atoms with Crippen molar-refractivity contribution in [1.82, 2.24) is 10.2 Å². The van der Waals surface area contributed by atoms with E-state index in [9.17, 15) is 13.2 Å². The molecule has 1 fully saturated rings. The summed E-state index contributed by atoms with van der Waals surface area (Å²) in [5, 5.41) is 2.93. The van der Waals surface area contributed by atoms with Crippen LogP contribution in [0.15, 0.2) is 24.3 Å². The van der Waals surface area contributed by atoms with Gasteiger partial charge in [-0.1, -0.05) is 6.92 Å². The highest BCUT2D eigenvalue weighted by atomic mass is 32.2. The SMILES string of the molecule is CC[C@H](Oc1ccc(N(C)S(C)(=O)=O)cc1)C(=O)NCCCN1CCOCC1. The van der Waals surface area contributed by atoms with Crippen molar-refractivity contribution in [2.45, 2.75) is 25.9 Å². The van der Waals surface area contributed by atoms with Gasteiger partial charge in [-0.05, 0) is 43.7 Å². The second kappa shape index (κ2) is 10.6. The Morgan fingerprint density at radius 1 is 1.29 bits per heavy atom. The number of benzene rings is 1. The van der Waals surface area contributed by atoms with E-state index in [4.69, 9.17) is 9.47 Å². The van der Waals surface area contributed by atoms with Crippen molar-refractivity contribution in [3.8, 4) is 5.75 Å². The quantitative estimate of drug-likeness (QED) is 0.578. The van der Waals surface area contributed by atoms with Crippen LogP contribution in [-0.4, -0.2) is 78.0 Å². The molecule has 1 aromatic carbocycles. The average molecular weight is 414 g/mol. The molecule has 1 atom stereocenters. The Morgan fingerprint density at radius 3 is 2.50 bits per heavy atom. The van der Waals surface area contributed by atoms with Gasteiger partial charge in [-0.25, -0.2) is 8.42 Å². The summed E-state index contributed by atoms with van der Waals surface area (Å²) in [6, 6.07) is 6.66. The number of carbonyl (C=O) groups excluding carboxylic acids is 1. The molecule has 158 valence electrons. The van der Waals surface area contributed by atoms with Crippen molar-refractivity contribution in [1.29, 1.82) is 0 Å². The molecular weight excluding hydrogens is 382 g/mol. The highest BCUT2D eigenvalue weighted by Crippen LogP contribution is 2.21. The van der Waals surface area contributed by atoms with Crippen LogP contribution in [0.3, 0.4) is 0 Å². The van der Waals surface area contributed by atoms with Gasteiger partial charge in [0.15, 0.2) is 6.10 Å². The minimum atomic E-state index is -3.31. The number of hydrogen-bond acceptors (Lipinski definition) is 6. The predicted octanol–water partition coefficient (Wildman–Crippen LogP) is 1.08. The molecule has 0 radical (unpaired) electrons. The molecule has 28 heavy (non-hydrogen) atoms. The number of nitrogens with one attached hydrogen (secondary N) is 1. The van der Waals surface area contributed by atoms with Gasteiger partial charge in [-0.2, -0.15) is 0 Å². The van der Waals surface area contributed by atoms with Gasteiger partial charge in [0, 0.05) is 26.7 Å². The zero-order valence-corrected chi connectivity index (χ0v) is 17.7. The van der Waals surface area contributed by atoms with E-state index in [1.165, 1.54) is 11.4 Å². The fourth-order valence-corrected chi connectivity index (χ4v) is 3.37. The van der Waals surface area contributed by atoms with Crippen LogP contribution in [0.2, 0.25) is 0 Å². The number of ether oxygens (including phenoxy) is 2. The molecule has 1 N–H and O–H groups in total. The fraction of sp³-hybridized carbons (Fsp3) is 0.632. The first-order valence-corrected chi connectivity index (χ1v) is 11.4. The molecule has 9 heteroatoms. The van der Waals surface area contributed by atoms with E-state index in [1.807, 2.05) is 6.92 Å². The lowest BCUT2D eigenvalue weighted by molar-refractivity contribution is -0.128. The Kier molecular flexibility index (Phi) is 8.53. The third-order valence-electron chi connectivity index (χ3n) is 4.69. The summed E-state index contributed by atoms with van der Waals surface area (Å²) in [6.07, 6.45) is 1.99. The number of amides is 1. The third-order valence-corrected chi connectivity index (χ3v) is 5.90. The van der Waals surface area contributed by atoms with Crippen molar-refractivity contribution in [3.63, 3.8) is 0 Å². The third kappa shape index (κ3) is 6.96. The van der Waals surface area contributed by atoms with Gasteiger partial charge in [0.2, 0.25) is 10.0 Å². The van der Waals surface area contributed by atoms with E-state index in [0.717, 1.165) is 45.5 Å².